The third-order valence-corrected chi connectivity index (χ3v) is 2.60. The number of pyridine rings is 1. The van der Waals surface area contributed by atoms with E-state index in [9.17, 15) is 0 Å². The first kappa shape index (κ1) is 10.7. The number of aromatic nitrogens is 1. The molecule has 0 saturated carbocycles. The highest BCUT2D eigenvalue weighted by Gasteiger charge is 2.05. The fraction of sp³-hybridized carbons (Fsp3) is 0.308. The molecular weight excluding hydrogens is 200 g/mol. The van der Waals surface area contributed by atoms with Gasteiger partial charge in [-0.1, -0.05) is 6.07 Å². The maximum absolute atomic E-state index is 5.47. The molecular formula is C13H16N2O. The van der Waals surface area contributed by atoms with Crippen molar-refractivity contribution in [3.8, 4) is 0 Å². The minimum absolute atomic E-state index is 0.751. The Morgan fingerprint density at radius 2 is 2.12 bits per heavy atom. The van der Waals surface area contributed by atoms with Crippen molar-refractivity contribution in [3.63, 3.8) is 0 Å². The molecule has 0 atom stereocenters. The van der Waals surface area contributed by atoms with Gasteiger partial charge in [-0.3, -0.25) is 0 Å². The molecule has 0 radical (unpaired) electrons. The zero-order valence-electron chi connectivity index (χ0n) is 9.87. The van der Waals surface area contributed by atoms with Crippen LogP contribution in [0, 0.1) is 20.8 Å². The summed E-state index contributed by atoms with van der Waals surface area (Å²) in [6.07, 6.45) is 1.79. The Morgan fingerprint density at radius 1 is 1.31 bits per heavy atom. The topological polar surface area (TPSA) is 38.1 Å². The highest BCUT2D eigenvalue weighted by Crippen LogP contribution is 2.16. The van der Waals surface area contributed by atoms with Gasteiger partial charge in [-0.15, -0.1) is 0 Å². The van der Waals surface area contributed by atoms with E-state index in [-0.39, 0.29) is 0 Å². The van der Waals surface area contributed by atoms with Crippen LogP contribution in [0.25, 0.3) is 0 Å². The van der Waals surface area contributed by atoms with E-state index in [0.29, 0.717) is 0 Å². The molecule has 0 aliphatic rings. The van der Waals surface area contributed by atoms with E-state index in [0.717, 1.165) is 29.4 Å². The fourth-order valence-electron chi connectivity index (χ4n) is 1.71. The molecule has 0 saturated heterocycles. The molecule has 84 valence electrons. The van der Waals surface area contributed by atoms with Crippen LogP contribution in [0.15, 0.2) is 28.8 Å². The number of hydrogen-bond donors (Lipinski definition) is 1. The number of nitrogens with zero attached hydrogens (tertiary/aromatic N) is 1. The molecule has 0 amide bonds. The molecule has 2 heterocycles. The summed E-state index contributed by atoms with van der Waals surface area (Å²) < 4.78 is 5.47. The lowest BCUT2D eigenvalue weighted by Crippen LogP contribution is -2.02. The Bertz CT molecular complexity index is 488. The van der Waals surface area contributed by atoms with E-state index >= 15 is 0 Å². The van der Waals surface area contributed by atoms with Crippen molar-refractivity contribution in [3.05, 3.63) is 47.0 Å². The second-order valence-electron chi connectivity index (χ2n) is 3.96. The van der Waals surface area contributed by atoms with E-state index in [4.69, 9.17) is 4.42 Å². The summed E-state index contributed by atoms with van der Waals surface area (Å²) in [5.41, 5.74) is 2.34. The molecule has 3 nitrogen and oxygen atoms in total. The Hall–Kier alpha value is -1.77. The molecule has 2 rings (SSSR count). The normalized spacial score (nSPS) is 10.4. The summed E-state index contributed by atoms with van der Waals surface area (Å²) in [7, 11) is 0. The first-order chi connectivity index (χ1) is 7.66. The molecule has 0 spiro atoms. The van der Waals surface area contributed by atoms with E-state index in [1.165, 1.54) is 5.56 Å². The van der Waals surface area contributed by atoms with Gasteiger partial charge >= 0.3 is 0 Å². The van der Waals surface area contributed by atoms with Crippen LogP contribution in [0.3, 0.4) is 0 Å². The lowest BCUT2D eigenvalue weighted by atomic mass is 10.2. The summed E-state index contributed by atoms with van der Waals surface area (Å²) in [5, 5.41) is 3.31. The van der Waals surface area contributed by atoms with Gasteiger partial charge in [0.1, 0.15) is 17.3 Å². The van der Waals surface area contributed by atoms with E-state index < -0.39 is 0 Å². The molecule has 0 fully saturated rings. The summed E-state index contributed by atoms with van der Waals surface area (Å²) in [6.45, 7) is 6.74. The van der Waals surface area contributed by atoms with Crippen molar-refractivity contribution in [1.29, 1.82) is 0 Å². The molecule has 0 aliphatic carbocycles. The molecule has 0 aliphatic heterocycles. The van der Waals surface area contributed by atoms with Crippen molar-refractivity contribution in [2.45, 2.75) is 27.3 Å². The minimum Gasteiger partial charge on any atom is -0.466 e. The highest BCUT2D eigenvalue weighted by molar-refractivity contribution is 5.43. The predicted molar refractivity (Wildman–Crippen MR) is 64.5 cm³/mol. The summed E-state index contributed by atoms with van der Waals surface area (Å²) in [5.74, 6) is 2.85. The van der Waals surface area contributed by atoms with Gasteiger partial charge in [0, 0.05) is 18.3 Å². The first-order valence-electron chi connectivity index (χ1n) is 5.38. The summed E-state index contributed by atoms with van der Waals surface area (Å²) >= 11 is 0. The molecule has 0 unspecified atom stereocenters. The van der Waals surface area contributed by atoms with Gasteiger partial charge in [-0.25, -0.2) is 4.98 Å². The molecule has 16 heavy (non-hydrogen) atoms. The average Bonchev–Trinajstić information content (AvgIpc) is 2.56. The number of hydrogen-bond acceptors (Lipinski definition) is 3. The van der Waals surface area contributed by atoms with E-state index in [1.807, 2.05) is 32.9 Å². The Kier molecular flexibility index (Phi) is 2.95. The van der Waals surface area contributed by atoms with Crippen LogP contribution in [0.1, 0.15) is 22.6 Å². The monoisotopic (exact) mass is 216 g/mol. The predicted octanol–water partition coefficient (Wildman–Crippen LogP) is 3.21. The van der Waals surface area contributed by atoms with Crippen LogP contribution in [-0.4, -0.2) is 4.98 Å². The summed E-state index contributed by atoms with van der Waals surface area (Å²) in [6, 6.07) is 6.04. The molecule has 0 aromatic carbocycles. The lowest BCUT2D eigenvalue weighted by molar-refractivity contribution is 0.501. The van der Waals surface area contributed by atoms with Gasteiger partial charge in [-0.05, 0) is 38.5 Å². The van der Waals surface area contributed by atoms with Crippen molar-refractivity contribution in [1.82, 2.24) is 4.98 Å². The largest absolute Gasteiger partial charge is 0.466 e. The number of nitrogens with one attached hydrogen (secondary N) is 1. The Morgan fingerprint density at radius 3 is 2.75 bits per heavy atom. The van der Waals surface area contributed by atoms with Crippen molar-refractivity contribution in [2.75, 3.05) is 5.32 Å². The van der Waals surface area contributed by atoms with Gasteiger partial charge in [0.25, 0.3) is 0 Å². The van der Waals surface area contributed by atoms with Gasteiger partial charge in [-0.2, -0.15) is 0 Å². The van der Waals surface area contributed by atoms with E-state index in [1.54, 1.807) is 6.20 Å². The quantitative estimate of drug-likeness (QED) is 0.856. The first-order valence-corrected chi connectivity index (χ1v) is 5.38. The van der Waals surface area contributed by atoms with Crippen LogP contribution >= 0.6 is 0 Å². The number of anilines is 1. The zero-order valence-corrected chi connectivity index (χ0v) is 9.87. The maximum atomic E-state index is 5.47. The summed E-state index contributed by atoms with van der Waals surface area (Å²) in [4.78, 5) is 4.29. The van der Waals surface area contributed by atoms with Crippen molar-refractivity contribution < 1.29 is 4.42 Å². The Balaban J connectivity index is 2.08. The van der Waals surface area contributed by atoms with Crippen molar-refractivity contribution in [2.24, 2.45) is 0 Å². The Labute approximate surface area is 95.5 Å². The number of rotatable bonds is 3. The van der Waals surface area contributed by atoms with Crippen LogP contribution in [0.5, 0.6) is 0 Å². The number of furan rings is 1. The molecule has 2 aromatic rings. The van der Waals surface area contributed by atoms with Gasteiger partial charge in [0.05, 0.1) is 0 Å². The molecule has 1 N–H and O–H groups in total. The van der Waals surface area contributed by atoms with Crippen molar-refractivity contribution >= 4 is 5.82 Å². The van der Waals surface area contributed by atoms with Gasteiger partial charge in [0.15, 0.2) is 0 Å². The standard InChI is InChI=1S/C13H16N2O/c1-9-5-4-6-14-13(9)15-8-12-7-10(2)16-11(12)3/h4-7H,8H2,1-3H3,(H,14,15). The smallest absolute Gasteiger partial charge is 0.129 e. The van der Waals surface area contributed by atoms with Crippen LogP contribution in [0.2, 0.25) is 0 Å². The van der Waals surface area contributed by atoms with Gasteiger partial charge < -0.3 is 9.73 Å². The second kappa shape index (κ2) is 4.39. The minimum atomic E-state index is 0.751. The lowest BCUT2D eigenvalue weighted by Gasteiger charge is -2.06. The fourth-order valence-corrected chi connectivity index (χ4v) is 1.71. The number of aryl methyl sites for hydroxylation is 3. The molecule has 2 aromatic heterocycles. The third-order valence-electron chi connectivity index (χ3n) is 2.60. The second-order valence-corrected chi connectivity index (χ2v) is 3.96. The maximum Gasteiger partial charge on any atom is 0.129 e. The average molecular weight is 216 g/mol. The molecule has 3 heteroatoms. The highest BCUT2D eigenvalue weighted by atomic mass is 16.3. The van der Waals surface area contributed by atoms with E-state index in [2.05, 4.69) is 16.4 Å². The van der Waals surface area contributed by atoms with Gasteiger partial charge in [0.2, 0.25) is 0 Å². The third kappa shape index (κ3) is 2.24. The van der Waals surface area contributed by atoms with Crippen LogP contribution in [0.4, 0.5) is 5.82 Å². The van der Waals surface area contributed by atoms with Crippen LogP contribution < -0.4 is 5.32 Å². The SMILES string of the molecule is Cc1cc(CNc2ncccc2C)c(C)o1. The zero-order chi connectivity index (χ0) is 11.5. The molecule has 0 bridgehead atoms. The van der Waals surface area contributed by atoms with Crippen LogP contribution in [-0.2, 0) is 6.54 Å².